The van der Waals surface area contributed by atoms with Gasteiger partial charge in [-0.1, -0.05) is 11.6 Å². The fourth-order valence-corrected chi connectivity index (χ4v) is 3.30. The van der Waals surface area contributed by atoms with Crippen LogP contribution in [-0.2, 0) is 4.74 Å². The quantitative estimate of drug-likeness (QED) is 0.854. The Hall–Kier alpha value is -1.70. The molecule has 0 radical (unpaired) electrons. The molecule has 25 heavy (non-hydrogen) atoms. The Kier molecular flexibility index (Phi) is 6.23. The predicted octanol–water partition coefficient (Wildman–Crippen LogP) is 1.85. The average molecular weight is 370 g/mol. The highest BCUT2D eigenvalue weighted by atomic mass is 35.5. The Morgan fingerprint density at radius 2 is 1.88 bits per heavy atom. The fourth-order valence-electron chi connectivity index (χ4n) is 3.07. The summed E-state index contributed by atoms with van der Waals surface area (Å²) in [4.78, 5) is 16.9. The first-order valence-electron chi connectivity index (χ1n) is 8.59. The van der Waals surface area contributed by atoms with Gasteiger partial charge in [-0.15, -0.1) is 0 Å². The number of rotatable bonds is 5. The van der Waals surface area contributed by atoms with Crippen molar-refractivity contribution in [3.05, 3.63) is 23.2 Å². The minimum atomic E-state index is -0.860. The van der Waals surface area contributed by atoms with Crippen molar-refractivity contribution in [3.63, 3.8) is 0 Å². The number of amides is 1. The van der Waals surface area contributed by atoms with E-state index >= 15 is 0 Å². The van der Waals surface area contributed by atoms with Gasteiger partial charge in [-0.05, 0) is 18.2 Å². The molecule has 1 amide bonds. The van der Waals surface area contributed by atoms with Crippen molar-refractivity contribution in [2.24, 2.45) is 0 Å². The number of benzene rings is 1. The molecule has 3 rings (SSSR count). The Morgan fingerprint density at radius 1 is 1.16 bits per heavy atom. The van der Waals surface area contributed by atoms with Crippen LogP contribution in [0.5, 0.6) is 5.75 Å². The summed E-state index contributed by atoms with van der Waals surface area (Å²) < 4.78 is 11.1. The third-order valence-corrected chi connectivity index (χ3v) is 4.89. The van der Waals surface area contributed by atoms with Crippen LogP contribution in [0.4, 0.5) is 10.5 Å². The first kappa shape index (κ1) is 18.1. The number of nitrogens with zero attached hydrogens (tertiary/aromatic N) is 3. The third kappa shape index (κ3) is 4.90. The summed E-state index contributed by atoms with van der Waals surface area (Å²) >= 11 is 6.36. The number of ether oxygens (including phenoxy) is 2. The van der Waals surface area contributed by atoms with Crippen molar-refractivity contribution in [2.75, 3.05) is 70.5 Å². The summed E-state index contributed by atoms with van der Waals surface area (Å²) in [6, 6.07) is 5.76. The molecule has 0 aromatic heterocycles. The van der Waals surface area contributed by atoms with Gasteiger partial charge in [-0.2, -0.15) is 0 Å². The van der Waals surface area contributed by atoms with E-state index in [1.54, 1.807) is 0 Å². The molecule has 2 fully saturated rings. The van der Waals surface area contributed by atoms with Crippen molar-refractivity contribution in [2.45, 2.75) is 0 Å². The van der Waals surface area contributed by atoms with Crippen molar-refractivity contribution >= 4 is 23.4 Å². The highest BCUT2D eigenvalue weighted by Gasteiger charge is 2.21. The van der Waals surface area contributed by atoms with Crippen LogP contribution in [0.25, 0.3) is 0 Å². The summed E-state index contributed by atoms with van der Waals surface area (Å²) in [5.74, 6) is 0.683. The zero-order valence-electron chi connectivity index (χ0n) is 14.2. The number of anilines is 1. The summed E-state index contributed by atoms with van der Waals surface area (Å²) in [5.41, 5.74) is 0.996. The number of piperazine rings is 1. The molecule has 2 aliphatic heterocycles. The molecule has 7 nitrogen and oxygen atoms in total. The zero-order valence-corrected chi connectivity index (χ0v) is 15.0. The maximum atomic E-state index is 11.0. The average Bonchev–Trinajstić information content (AvgIpc) is 2.64. The van der Waals surface area contributed by atoms with Gasteiger partial charge in [0.15, 0.2) is 0 Å². The van der Waals surface area contributed by atoms with Gasteiger partial charge in [0.2, 0.25) is 0 Å². The van der Waals surface area contributed by atoms with Crippen molar-refractivity contribution in [3.8, 4) is 5.75 Å². The molecule has 2 saturated heterocycles. The van der Waals surface area contributed by atoms with Gasteiger partial charge >= 0.3 is 6.09 Å². The lowest BCUT2D eigenvalue weighted by Crippen LogP contribution is -2.48. The minimum absolute atomic E-state index is 0.505. The molecule has 2 heterocycles. The lowest BCUT2D eigenvalue weighted by molar-refractivity contribution is 0.0322. The SMILES string of the molecule is O=C(O)N1CCN(c2ccc(OCCN3CCOCC3)c(Cl)c2)CC1. The molecule has 0 aliphatic carbocycles. The number of morpholine rings is 1. The second-order valence-corrected chi connectivity index (χ2v) is 6.58. The van der Waals surface area contributed by atoms with E-state index in [0.29, 0.717) is 43.6 Å². The van der Waals surface area contributed by atoms with Crippen LogP contribution in [0.2, 0.25) is 5.02 Å². The van der Waals surface area contributed by atoms with Gasteiger partial charge in [0.25, 0.3) is 0 Å². The van der Waals surface area contributed by atoms with Crippen molar-refractivity contribution < 1.29 is 19.4 Å². The Balaban J connectivity index is 1.49. The summed E-state index contributed by atoms with van der Waals surface area (Å²) in [5, 5.41) is 9.60. The molecule has 2 aliphatic rings. The van der Waals surface area contributed by atoms with E-state index in [0.717, 1.165) is 38.5 Å². The highest BCUT2D eigenvalue weighted by Crippen LogP contribution is 2.30. The first-order valence-corrected chi connectivity index (χ1v) is 8.96. The molecule has 0 spiro atoms. The second kappa shape index (κ2) is 8.60. The predicted molar refractivity (Wildman–Crippen MR) is 96.0 cm³/mol. The van der Waals surface area contributed by atoms with E-state index in [-0.39, 0.29) is 0 Å². The van der Waals surface area contributed by atoms with Crippen LogP contribution >= 0.6 is 11.6 Å². The fraction of sp³-hybridized carbons (Fsp3) is 0.588. The second-order valence-electron chi connectivity index (χ2n) is 6.17. The standard InChI is InChI=1S/C17H24ClN3O4/c18-15-13-14(20-3-5-21(6-4-20)17(22)23)1-2-16(15)25-12-9-19-7-10-24-11-8-19/h1-2,13H,3-12H2,(H,22,23). The minimum Gasteiger partial charge on any atom is -0.491 e. The zero-order chi connectivity index (χ0) is 17.6. The lowest BCUT2D eigenvalue weighted by Gasteiger charge is -2.34. The van der Waals surface area contributed by atoms with E-state index in [4.69, 9.17) is 26.2 Å². The van der Waals surface area contributed by atoms with E-state index in [1.165, 1.54) is 4.90 Å². The van der Waals surface area contributed by atoms with Crippen LogP contribution in [0.3, 0.4) is 0 Å². The molecule has 0 unspecified atom stereocenters. The normalized spacial score (nSPS) is 19.1. The molecule has 8 heteroatoms. The Bertz CT molecular complexity index is 587. The van der Waals surface area contributed by atoms with Crippen molar-refractivity contribution in [1.82, 2.24) is 9.80 Å². The summed E-state index contributed by atoms with van der Waals surface area (Å²) in [6.07, 6.45) is -0.860. The van der Waals surface area contributed by atoms with E-state index in [2.05, 4.69) is 9.80 Å². The molecule has 0 saturated carbocycles. The molecule has 0 atom stereocenters. The molecule has 0 bridgehead atoms. The van der Waals surface area contributed by atoms with Gasteiger partial charge < -0.3 is 24.4 Å². The highest BCUT2D eigenvalue weighted by molar-refractivity contribution is 6.32. The molecular formula is C17H24ClN3O4. The van der Waals surface area contributed by atoms with Crippen LogP contribution in [-0.4, -0.2) is 86.6 Å². The van der Waals surface area contributed by atoms with Crippen LogP contribution in [0, 0.1) is 0 Å². The molecule has 1 aromatic rings. The van der Waals surface area contributed by atoms with Gasteiger partial charge in [0.05, 0.1) is 18.2 Å². The van der Waals surface area contributed by atoms with E-state index < -0.39 is 6.09 Å². The Labute approximate surface area is 152 Å². The molecular weight excluding hydrogens is 346 g/mol. The third-order valence-electron chi connectivity index (χ3n) is 4.60. The molecule has 138 valence electrons. The van der Waals surface area contributed by atoms with Crippen LogP contribution < -0.4 is 9.64 Å². The monoisotopic (exact) mass is 369 g/mol. The molecule has 1 N–H and O–H groups in total. The number of carboxylic acid groups (broad SMARTS) is 1. The summed E-state index contributed by atoms with van der Waals surface area (Å²) in [7, 11) is 0. The largest absolute Gasteiger partial charge is 0.491 e. The van der Waals surface area contributed by atoms with Crippen molar-refractivity contribution in [1.29, 1.82) is 0 Å². The van der Waals surface area contributed by atoms with Gasteiger partial charge in [-0.3, -0.25) is 4.90 Å². The van der Waals surface area contributed by atoms with Gasteiger partial charge in [0, 0.05) is 51.5 Å². The van der Waals surface area contributed by atoms with Crippen LogP contribution in [0.15, 0.2) is 18.2 Å². The van der Waals surface area contributed by atoms with Gasteiger partial charge in [-0.25, -0.2) is 4.79 Å². The maximum absolute atomic E-state index is 11.0. The van der Waals surface area contributed by atoms with E-state index in [9.17, 15) is 4.79 Å². The lowest BCUT2D eigenvalue weighted by atomic mass is 10.2. The first-order chi connectivity index (χ1) is 12.1. The smallest absolute Gasteiger partial charge is 0.407 e. The maximum Gasteiger partial charge on any atom is 0.407 e. The number of hydrogen-bond donors (Lipinski definition) is 1. The number of carbonyl (C=O) groups is 1. The van der Waals surface area contributed by atoms with Gasteiger partial charge in [0.1, 0.15) is 12.4 Å². The Morgan fingerprint density at radius 3 is 2.52 bits per heavy atom. The van der Waals surface area contributed by atoms with Crippen LogP contribution in [0.1, 0.15) is 0 Å². The van der Waals surface area contributed by atoms with E-state index in [1.807, 2.05) is 18.2 Å². The topological polar surface area (TPSA) is 65.5 Å². The molecule has 1 aromatic carbocycles. The number of halogens is 1. The number of hydrogen-bond acceptors (Lipinski definition) is 5. The summed E-state index contributed by atoms with van der Waals surface area (Å²) in [6.45, 7) is 7.25.